The highest BCUT2D eigenvalue weighted by Crippen LogP contribution is 2.12. The van der Waals surface area contributed by atoms with Crippen molar-refractivity contribution in [2.75, 3.05) is 0 Å². The Balaban J connectivity index is 1.71. The second-order valence-electron chi connectivity index (χ2n) is 5.32. The normalized spacial score (nSPS) is 10.6. The maximum atomic E-state index is 13.1. The van der Waals surface area contributed by atoms with E-state index in [2.05, 4.69) is 4.98 Å². The number of rotatable bonds is 4. The maximum Gasteiger partial charge on any atom is 0.338 e. The molecule has 0 saturated heterocycles. The van der Waals surface area contributed by atoms with E-state index in [1.165, 1.54) is 16.7 Å². The van der Waals surface area contributed by atoms with Crippen LogP contribution in [-0.4, -0.2) is 15.5 Å². The largest absolute Gasteiger partial charge is 0.457 e. The van der Waals surface area contributed by atoms with Gasteiger partial charge in [-0.05, 0) is 48.9 Å². The Bertz CT molecular complexity index is 926. The highest BCUT2D eigenvalue weighted by atomic mass is 19.1. The van der Waals surface area contributed by atoms with Crippen LogP contribution >= 0.6 is 0 Å². The monoisotopic (exact) mass is 326 g/mol. The van der Waals surface area contributed by atoms with Gasteiger partial charge in [-0.25, -0.2) is 14.0 Å². The number of aromatic nitrogens is 2. The molecule has 0 amide bonds. The predicted molar refractivity (Wildman–Crippen MR) is 86.6 cm³/mol. The van der Waals surface area contributed by atoms with Crippen molar-refractivity contribution in [1.29, 1.82) is 0 Å². The van der Waals surface area contributed by atoms with E-state index in [1.807, 2.05) is 0 Å². The lowest BCUT2D eigenvalue weighted by Gasteiger charge is -2.07. The van der Waals surface area contributed by atoms with Gasteiger partial charge in [0, 0.05) is 11.9 Å². The molecule has 0 radical (unpaired) electrons. The molecule has 3 rings (SSSR count). The van der Waals surface area contributed by atoms with Gasteiger partial charge in [0.05, 0.1) is 11.3 Å². The number of carbonyl (C=O) groups is 1. The SMILES string of the molecule is Cc1c[nH]c(=O)n1-c1ccc(C(=O)OCc2cccc(F)c2)cc1. The first-order valence-electron chi connectivity index (χ1n) is 7.33. The lowest BCUT2D eigenvalue weighted by atomic mass is 10.2. The zero-order valence-corrected chi connectivity index (χ0v) is 13.0. The molecule has 1 heterocycles. The first-order chi connectivity index (χ1) is 11.5. The molecule has 0 bridgehead atoms. The zero-order valence-electron chi connectivity index (χ0n) is 13.0. The summed E-state index contributed by atoms with van der Waals surface area (Å²) in [5.41, 5.74) is 2.11. The van der Waals surface area contributed by atoms with Crippen molar-refractivity contribution in [3.05, 3.63) is 87.9 Å². The molecule has 0 saturated carbocycles. The number of aryl methyl sites for hydroxylation is 1. The molecule has 6 heteroatoms. The highest BCUT2D eigenvalue weighted by Gasteiger charge is 2.10. The number of imidazole rings is 1. The number of hydrogen-bond donors (Lipinski definition) is 1. The summed E-state index contributed by atoms with van der Waals surface area (Å²) < 4.78 is 19.8. The van der Waals surface area contributed by atoms with Crippen LogP contribution in [0.4, 0.5) is 4.39 Å². The number of hydrogen-bond acceptors (Lipinski definition) is 3. The van der Waals surface area contributed by atoms with Gasteiger partial charge < -0.3 is 9.72 Å². The summed E-state index contributed by atoms with van der Waals surface area (Å²) >= 11 is 0. The number of aromatic amines is 1. The van der Waals surface area contributed by atoms with Crippen LogP contribution in [0.25, 0.3) is 5.69 Å². The first-order valence-corrected chi connectivity index (χ1v) is 7.33. The quantitative estimate of drug-likeness (QED) is 0.750. The number of carbonyl (C=O) groups excluding carboxylic acids is 1. The highest BCUT2D eigenvalue weighted by molar-refractivity contribution is 5.89. The van der Waals surface area contributed by atoms with Crippen molar-refractivity contribution in [2.24, 2.45) is 0 Å². The maximum absolute atomic E-state index is 13.1. The molecule has 2 aromatic carbocycles. The van der Waals surface area contributed by atoms with E-state index < -0.39 is 5.97 Å². The van der Waals surface area contributed by atoms with Crippen LogP contribution in [0, 0.1) is 12.7 Å². The van der Waals surface area contributed by atoms with Crippen LogP contribution in [0.1, 0.15) is 21.6 Å². The van der Waals surface area contributed by atoms with E-state index in [9.17, 15) is 14.0 Å². The van der Waals surface area contributed by atoms with Crippen LogP contribution in [0.2, 0.25) is 0 Å². The Hall–Kier alpha value is -3.15. The predicted octanol–water partition coefficient (Wildman–Crippen LogP) is 2.97. The van der Waals surface area contributed by atoms with Gasteiger partial charge >= 0.3 is 11.7 Å². The molecule has 0 aliphatic rings. The summed E-state index contributed by atoms with van der Waals surface area (Å²) in [6, 6.07) is 12.4. The van der Waals surface area contributed by atoms with Gasteiger partial charge in [0.15, 0.2) is 0 Å². The standard InChI is InChI=1S/C18H15FN2O3/c1-12-10-20-18(23)21(12)16-7-5-14(6-8-16)17(22)24-11-13-3-2-4-15(19)9-13/h2-10H,11H2,1H3,(H,20,23). The third-order valence-corrected chi connectivity index (χ3v) is 3.58. The number of esters is 1. The fourth-order valence-electron chi connectivity index (χ4n) is 2.38. The smallest absolute Gasteiger partial charge is 0.338 e. The van der Waals surface area contributed by atoms with E-state index in [0.29, 0.717) is 16.8 Å². The lowest BCUT2D eigenvalue weighted by molar-refractivity contribution is 0.0472. The summed E-state index contributed by atoms with van der Waals surface area (Å²) in [7, 11) is 0. The second kappa shape index (κ2) is 6.54. The van der Waals surface area contributed by atoms with Crippen LogP contribution < -0.4 is 5.69 Å². The van der Waals surface area contributed by atoms with E-state index in [-0.39, 0.29) is 18.1 Å². The van der Waals surface area contributed by atoms with Crippen molar-refractivity contribution in [3.63, 3.8) is 0 Å². The van der Waals surface area contributed by atoms with Crippen molar-refractivity contribution < 1.29 is 13.9 Å². The lowest BCUT2D eigenvalue weighted by Crippen LogP contribution is -2.16. The number of H-pyrrole nitrogens is 1. The average Bonchev–Trinajstić information content (AvgIpc) is 2.92. The summed E-state index contributed by atoms with van der Waals surface area (Å²) in [6.07, 6.45) is 1.61. The molecule has 122 valence electrons. The Morgan fingerprint density at radius 2 is 1.96 bits per heavy atom. The average molecular weight is 326 g/mol. The Morgan fingerprint density at radius 3 is 2.58 bits per heavy atom. The van der Waals surface area contributed by atoms with Gasteiger partial charge in [0.2, 0.25) is 0 Å². The number of ether oxygens (including phenoxy) is 1. The molecule has 1 aromatic heterocycles. The Morgan fingerprint density at radius 1 is 1.21 bits per heavy atom. The Labute approximate surface area is 137 Å². The van der Waals surface area contributed by atoms with Gasteiger partial charge in [0.1, 0.15) is 12.4 Å². The minimum Gasteiger partial charge on any atom is -0.457 e. The third-order valence-electron chi connectivity index (χ3n) is 3.58. The van der Waals surface area contributed by atoms with E-state index in [1.54, 1.807) is 49.5 Å². The van der Waals surface area contributed by atoms with Crippen LogP contribution in [0.15, 0.2) is 59.5 Å². The molecule has 1 N–H and O–H groups in total. The molecular weight excluding hydrogens is 311 g/mol. The molecule has 0 spiro atoms. The van der Waals surface area contributed by atoms with Gasteiger partial charge in [-0.1, -0.05) is 12.1 Å². The zero-order chi connectivity index (χ0) is 17.1. The summed E-state index contributed by atoms with van der Waals surface area (Å²) in [5, 5.41) is 0. The van der Waals surface area contributed by atoms with E-state index in [0.717, 1.165) is 5.69 Å². The molecule has 0 unspecified atom stereocenters. The van der Waals surface area contributed by atoms with Crippen LogP contribution in [0.5, 0.6) is 0 Å². The Kier molecular flexibility index (Phi) is 4.29. The summed E-state index contributed by atoms with van der Waals surface area (Å²) in [6.45, 7) is 1.80. The first kappa shape index (κ1) is 15.7. The topological polar surface area (TPSA) is 64.1 Å². The third kappa shape index (κ3) is 3.27. The van der Waals surface area contributed by atoms with Gasteiger partial charge in [0.25, 0.3) is 0 Å². The minimum atomic E-state index is -0.510. The van der Waals surface area contributed by atoms with Gasteiger partial charge in [-0.2, -0.15) is 0 Å². The van der Waals surface area contributed by atoms with Gasteiger partial charge in [-0.15, -0.1) is 0 Å². The number of nitrogens with one attached hydrogen (secondary N) is 1. The molecule has 0 aliphatic heterocycles. The van der Waals surface area contributed by atoms with E-state index in [4.69, 9.17) is 4.74 Å². The fourth-order valence-corrected chi connectivity index (χ4v) is 2.38. The van der Waals surface area contributed by atoms with Crippen molar-refractivity contribution in [1.82, 2.24) is 9.55 Å². The van der Waals surface area contributed by atoms with Crippen molar-refractivity contribution >= 4 is 5.97 Å². The number of nitrogens with zero attached hydrogens (tertiary/aromatic N) is 1. The summed E-state index contributed by atoms with van der Waals surface area (Å²) in [5.74, 6) is -0.885. The van der Waals surface area contributed by atoms with Crippen LogP contribution in [0.3, 0.4) is 0 Å². The molecule has 0 aliphatic carbocycles. The molecule has 24 heavy (non-hydrogen) atoms. The van der Waals surface area contributed by atoms with Gasteiger partial charge in [-0.3, -0.25) is 4.57 Å². The van der Waals surface area contributed by atoms with E-state index >= 15 is 0 Å². The molecule has 0 fully saturated rings. The second-order valence-corrected chi connectivity index (χ2v) is 5.32. The number of halogens is 1. The summed E-state index contributed by atoms with van der Waals surface area (Å²) in [4.78, 5) is 26.4. The fraction of sp³-hybridized carbons (Fsp3) is 0.111. The minimum absolute atomic E-state index is 0.00524. The molecule has 3 aromatic rings. The van der Waals surface area contributed by atoms with Crippen molar-refractivity contribution in [3.8, 4) is 5.69 Å². The number of benzene rings is 2. The molecule has 0 atom stereocenters. The molecular formula is C18H15FN2O3. The molecule has 5 nitrogen and oxygen atoms in total. The van der Waals surface area contributed by atoms with Crippen LogP contribution in [-0.2, 0) is 11.3 Å². The van der Waals surface area contributed by atoms with Crippen molar-refractivity contribution in [2.45, 2.75) is 13.5 Å².